The van der Waals surface area contributed by atoms with Crippen molar-refractivity contribution in [3.8, 4) is 16.9 Å². The van der Waals surface area contributed by atoms with Crippen LogP contribution in [0.15, 0.2) is 47.4 Å². The van der Waals surface area contributed by atoms with E-state index in [1.807, 2.05) is 24.3 Å². The van der Waals surface area contributed by atoms with E-state index in [1.54, 1.807) is 18.2 Å². The summed E-state index contributed by atoms with van der Waals surface area (Å²) in [4.78, 5) is 11.3. The van der Waals surface area contributed by atoms with Crippen LogP contribution in [0.2, 0.25) is 0 Å². The van der Waals surface area contributed by atoms with Crippen molar-refractivity contribution in [1.82, 2.24) is 9.62 Å². The fourth-order valence-corrected chi connectivity index (χ4v) is 5.35. The van der Waals surface area contributed by atoms with Crippen molar-refractivity contribution in [3.05, 3.63) is 48.0 Å². The molecule has 8 heteroatoms. The maximum atomic E-state index is 12.8. The summed E-state index contributed by atoms with van der Waals surface area (Å²) >= 11 is 0. The maximum Gasteiger partial charge on any atom is 0.405 e. The molecular weight excluding hydrogens is 380 g/mol. The van der Waals surface area contributed by atoms with E-state index in [0.29, 0.717) is 31.9 Å². The molecule has 28 heavy (non-hydrogen) atoms. The van der Waals surface area contributed by atoms with Crippen LogP contribution in [0.4, 0.5) is 4.79 Å². The van der Waals surface area contributed by atoms with Crippen LogP contribution in [0.1, 0.15) is 30.9 Å². The smallest absolute Gasteiger partial charge is 0.405 e. The summed E-state index contributed by atoms with van der Waals surface area (Å²) in [7, 11) is -3.48. The molecule has 0 aliphatic carbocycles. The standard InChI is InChI=1S/C20H22N2O5S/c23-20(24)21-18-8-11-27-19-13-15(6-7-17(18)19)14-4-3-5-16(12-14)28(25,26)22-9-1-2-10-22/h3-7,12-13,18,21H,1-2,8-11H2,(H,23,24). The third-order valence-corrected chi connectivity index (χ3v) is 7.12. The molecule has 2 heterocycles. The average Bonchev–Trinajstić information content (AvgIpc) is 3.23. The lowest BCUT2D eigenvalue weighted by atomic mass is 9.96. The molecule has 4 rings (SSSR count). The van der Waals surface area contributed by atoms with Crippen molar-refractivity contribution < 1.29 is 23.1 Å². The van der Waals surface area contributed by atoms with E-state index in [2.05, 4.69) is 5.32 Å². The number of amides is 1. The van der Waals surface area contributed by atoms with Crippen LogP contribution in [-0.4, -0.2) is 43.6 Å². The van der Waals surface area contributed by atoms with Gasteiger partial charge in [0.05, 0.1) is 17.5 Å². The Morgan fingerprint density at radius 3 is 2.61 bits per heavy atom. The quantitative estimate of drug-likeness (QED) is 0.819. The summed E-state index contributed by atoms with van der Waals surface area (Å²) in [5, 5.41) is 11.5. The Morgan fingerprint density at radius 2 is 1.86 bits per heavy atom. The molecule has 148 valence electrons. The van der Waals surface area contributed by atoms with Gasteiger partial charge in [0.15, 0.2) is 0 Å². The Balaban J connectivity index is 1.66. The van der Waals surface area contributed by atoms with E-state index in [0.717, 1.165) is 29.5 Å². The molecule has 1 fully saturated rings. The maximum absolute atomic E-state index is 12.8. The van der Waals surface area contributed by atoms with E-state index < -0.39 is 16.1 Å². The van der Waals surface area contributed by atoms with Gasteiger partial charge in [0.1, 0.15) is 5.75 Å². The van der Waals surface area contributed by atoms with Crippen LogP contribution >= 0.6 is 0 Å². The third-order valence-electron chi connectivity index (χ3n) is 5.22. The monoisotopic (exact) mass is 402 g/mol. The minimum atomic E-state index is -3.48. The number of nitrogens with zero attached hydrogens (tertiary/aromatic N) is 1. The largest absolute Gasteiger partial charge is 0.493 e. The Labute approximate surface area is 164 Å². The van der Waals surface area contributed by atoms with E-state index >= 15 is 0 Å². The van der Waals surface area contributed by atoms with Crippen molar-refractivity contribution in [2.24, 2.45) is 0 Å². The summed E-state index contributed by atoms with van der Waals surface area (Å²) in [6.07, 6.45) is 1.29. The number of carboxylic acid groups (broad SMARTS) is 1. The minimum Gasteiger partial charge on any atom is -0.493 e. The van der Waals surface area contributed by atoms with E-state index in [-0.39, 0.29) is 10.9 Å². The van der Waals surface area contributed by atoms with Crippen LogP contribution in [0.25, 0.3) is 11.1 Å². The highest BCUT2D eigenvalue weighted by atomic mass is 32.2. The van der Waals surface area contributed by atoms with Crippen LogP contribution in [0.3, 0.4) is 0 Å². The van der Waals surface area contributed by atoms with Crippen molar-refractivity contribution in [3.63, 3.8) is 0 Å². The van der Waals surface area contributed by atoms with Gasteiger partial charge in [-0.05, 0) is 42.2 Å². The Morgan fingerprint density at radius 1 is 1.11 bits per heavy atom. The van der Waals surface area contributed by atoms with Gasteiger partial charge < -0.3 is 15.2 Å². The number of nitrogens with one attached hydrogen (secondary N) is 1. The zero-order valence-corrected chi connectivity index (χ0v) is 16.1. The molecule has 0 aromatic heterocycles. The number of hydrogen-bond acceptors (Lipinski definition) is 4. The van der Waals surface area contributed by atoms with Crippen molar-refractivity contribution >= 4 is 16.1 Å². The highest BCUT2D eigenvalue weighted by molar-refractivity contribution is 7.89. The highest BCUT2D eigenvalue weighted by Gasteiger charge is 2.28. The van der Waals surface area contributed by atoms with Crippen LogP contribution in [0, 0.1) is 0 Å². The van der Waals surface area contributed by atoms with Crippen molar-refractivity contribution in [2.75, 3.05) is 19.7 Å². The predicted octanol–water partition coefficient (Wildman–Crippen LogP) is 3.23. The lowest BCUT2D eigenvalue weighted by molar-refractivity contribution is 0.182. The van der Waals surface area contributed by atoms with Crippen LogP contribution in [0.5, 0.6) is 5.75 Å². The molecule has 0 saturated carbocycles. The average molecular weight is 402 g/mol. The first-order valence-electron chi connectivity index (χ1n) is 9.32. The normalized spacial score (nSPS) is 19.6. The predicted molar refractivity (Wildman–Crippen MR) is 104 cm³/mol. The lowest BCUT2D eigenvalue weighted by Crippen LogP contribution is -2.30. The first kappa shape index (κ1) is 18.8. The first-order chi connectivity index (χ1) is 13.4. The van der Waals surface area contributed by atoms with Gasteiger partial charge in [-0.1, -0.05) is 24.3 Å². The number of benzene rings is 2. The minimum absolute atomic E-state index is 0.288. The molecular formula is C20H22N2O5S. The SMILES string of the molecule is O=C(O)NC1CCOc2cc(-c3cccc(S(=O)(=O)N4CCCC4)c3)ccc21. The van der Waals surface area contributed by atoms with E-state index in [4.69, 9.17) is 9.84 Å². The Bertz CT molecular complexity index is 999. The number of sulfonamides is 1. The summed E-state index contributed by atoms with van der Waals surface area (Å²) in [5.41, 5.74) is 2.39. The van der Waals surface area contributed by atoms with Gasteiger partial charge in [0.25, 0.3) is 0 Å². The molecule has 2 aromatic carbocycles. The number of hydrogen-bond donors (Lipinski definition) is 2. The van der Waals surface area contributed by atoms with Crippen LogP contribution in [-0.2, 0) is 10.0 Å². The molecule has 1 saturated heterocycles. The first-order valence-corrected chi connectivity index (χ1v) is 10.8. The molecule has 0 spiro atoms. The molecule has 2 aliphatic heterocycles. The van der Waals surface area contributed by atoms with Gasteiger partial charge in [0, 0.05) is 25.1 Å². The van der Waals surface area contributed by atoms with Crippen molar-refractivity contribution in [2.45, 2.75) is 30.2 Å². The molecule has 0 radical (unpaired) electrons. The Hall–Kier alpha value is -2.58. The second-order valence-corrected chi connectivity index (χ2v) is 8.97. The second kappa shape index (κ2) is 7.44. The number of rotatable bonds is 4. The molecule has 7 nitrogen and oxygen atoms in total. The topological polar surface area (TPSA) is 95.9 Å². The summed E-state index contributed by atoms with van der Waals surface area (Å²) in [6.45, 7) is 1.55. The fourth-order valence-electron chi connectivity index (χ4n) is 3.78. The Kier molecular flexibility index (Phi) is 4.99. The number of carbonyl (C=O) groups is 1. The molecule has 1 unspecified atom stereocenters. The number of ether oxygens (including phenoxy) is 1. The van der Waals surface area contributed by atoms with Gasteiger partial charge in [0.2, 0.25) is 10.0 Å². The van der Waals surface area contributed by atoms with Gasteiger partial charge in [-0.15, -0.1) is 0 Å². The molecule has 2 aliphatic rings. The molecule has 1 atom stereocenters. The van der Waals surface area contributed by atoms with Gasteiger partial charge >= 0.3 is 6.09 Å². The summed E-state index contributed by atoms with van der Waals surface area (Å²) in [5.74, 6) is 0.621. The van der Waals surface area contributed by atoms with E-state index in [1.165, 1.54) is 4.31 Å². The zero-order valence-electron chi connectivity index (χ0n) is 15.3. The summed E-state index contributed by atoms with van der Waals surface area (Å²) < 4.78 is 32.9. The third kappa shape index (κ3) is 3.57. The second-order valence-electron chi connectivity index (χ2n) is 7.03. The van der Waals surface area contributed by atoms with Gasteiger partial charge in [-0.25, -0.2) is 13.2 Å². The molecule has 2 aromatic rings. The lowest BCUT2D eigenvalue weighted by Gasteiger charge is -2.26. The van der Waals surface area contributed by atoms with E-state index in [9.17, 15) is 13.2 Å². The number of fused-ring (bicyclic) bond motifs is 1. The molecule has 1 amide bonds. The van der Waals surface area contributed by atoms with Gasteiger partial charge in [-0.3, -0.25) is 0 Å². The summed E-state index contributed by atoms with van der Waals surface area (Å²) in [6, 6.07) is 12.2. The molecule has 0 bridgehead atoms. The molecule has 2 N–H and O–H groups in total. The van der Waals surface area contributed by atoms with Gasteiger partial charge in [-0.2, -0.15) is 4.31 Å². The van der Waals surface area contributed by atoms with Crippen molar-refractivity contribution in [1.29, 1.82) is 0 Å². The fraction of sp³-hybridized carbons (Fsp3) is 0.350. The highest BCUT2D eigenvalue weighted by Crippen LogP contribution is 2.36. The zero-order chi connectivity index (χ0) is 19.7. The van der Waals surface area contributed by atoms with Crippen LogP contribution < -0.4 is 10.1 Å².